The highest BCUT2D eigenvalue weighted by atomic mass is 19.1. The van der Waals surface area contributed by atoms with Gasteiger partial charge in [0.2, 0.25) is 0 Å². The van der Waals surface area contributed by atoms with Gasteiger partial charge in [-0.15, -0.1) is 0 Å². The fourth-order valence-corrected chi connectivity index (χ4v) is 2.12. The van der Waals surface area contributed by atoms with E-state index in [1.54, 1.807) is 13.0 Å². The van der Waals surface area contributed by atoms with Crippen LogP contribution in [0.1, 0.15) is 24.5 Å². The molecule has 3 nitrogen and oxygen atoms in total. The Morgan fingerprint density at radius 3 is 2.94 bits per heavy atom. The highest BCUT2D eigenvalue weighted by Gasteiger charge is 2.24. The Bertz CT molecular complexity index is 570. The molecule has 0 bridgehead atoms. The smallest absolute Gasteiger partial charge is 0.336 e. The molecule has 0 amide bonds. The number of halogens is 1. The molecule has 0 unspecified atom stereocenters. The van der Waals surface area contributed by atoms with Gasteiger partial charge >= 0.3 is 5.97 Å². The quantitative estimate of drug-likeness (QED) is 0.455. The van der Waals surface area contributed by atoms with E-state index >= 15 is 0 Å². The molecule has 1 aromatic carbocycles. The lowest BCUT2D eigenvalue weighted by atomic mass is 10.1. The topological polar surface area (TPSA) is 30.7 Å². The van der Waals surface area contributed by atoms with Crippen molar-refractivity contribution in [1.29, 1.82) is 0 Å². The van der Waals surface area contributed by atoms with Gasteiger partial charge in [-0.3, -0.25) is 4.79 Å². The molecule has 0 saturated heterocycles. The minimum absolute atomic E-state index is 0.0267. The number of carbonyl (C=O) groups is 1. The second kappa shape index (κ2) is 5.01. The van der Waals surface area contributed by atoms with Crippen LogP contribution in [0.4, 0.5) is 4.39 Å². The van der Waals surface area contributed by atoms with Crippen molar-refractivity contribution >= 4 is 11.5 Å². The molecule has 18 heavy (non-hydrogen) atoms. The molecule has 0 atom stereocenters. The number of aryl methyl sites for hydroxylation is 1. The van der Waals surface area contributed by atoms with Gasteiger partial charge < -0.3 is 4.74 Å². The standard InChI is InChI=1S/C14H12FNO2/c1-3-18-14(17)13(16-2)11-7-5-9-4-6-10(15)8-12(9)11/h4,6,8H,3,5,7H2,1H3/b13-11-. The number of fused-ring (bicyclic) bond motifs is 1. The van der Waals surface area contributed by atoms with Crippen LogP contribution < -0.4 is 0 Å². The van der Waals surface area contributed by atoms with E-state index in [2.05, 4.69) is 4.85 Å². The molecule has 1 aliphatic rings. The van der Waals surface area contributed by atoms with Crippen LogP contribution in [0.15, 0.2) is 23.9 Å². The number of hydrogen-bond donors (Lipinski definition) is 0. The molecule has 92 valence electrons. The van der Waals surface area contributed by atoms with Crippen molar-refractivity contribution in [2.24, 2.45) is 0 Å². The van der Waals surface area contributed by atoms with Crippen LogP contribution in [0.2, 0.25) is 0 Å². The first-order chi connectivity index (χ1) is 8.67. The number of allylic oxidation sites excluding steroid dienone is 1. The molecule has 1 aliphatic carbocycles. The van der Waals surface area contributed by atoms with E-state index in [9.17, 15) is 9.18 Å². The maximum Gasteiger partial charge on any atom is 0.336 e. The summed E-state index contributed by atoms with van der Waals surface area (Å²) >= 11 is 0. The fourth-order valence-electron chi connectivity index (χ4n) is 2.12. The molecule has 0 spiro atoms. The summed E-state index contributed by atoms with van der Waals surface area (Å²) in [4.78, 5) is 14.9. The Hall–Kier alpha value is -2.15. The van der Waals surface area contributed by atoms with Crippen molar-refractivity contribution in [2.45, 2.75) is 19.8 Å². The minimum Gasteiger partial charge on any atom is -0.471 e. The summed E-state index contributed by atoms with van der Waals surface area (Å²) in [6, 6.07) is 4.47. The molecule has 0 aliphatic heterocycles. The summed E-state index contributed by atoms with van der Waals surface area (Å²) in [7, 11) is 0. The number of ether oxygens (including phenoxy) is 1. The predicted octanol–water partition coefficient (Wildman–Crippen LogP) is 2.97. The van der Waals surface area contributed by atoms with Crippen LogP contribution in [0, 0.1) is 12.4 Å². The molecule has 0 saturated carbocycles. The molecular weight excluding hydrogens is 233 g/mol. The SMILES string of the molecule is [C-]#[N+]/C(C(=O)OCC)=C1/CCc2ccc(F)cc21. The number of carbonyl (C=O) groups excluding carboxylic acids is 1. The molecule has 0 N–H and O–H groups in total. The molecule has 4 heteroatoms. The maximum absolute atomic E-state index is 13.2. The van der Waals surface area contributed by atoms with E-state index in [4.69, 9.17) is 11.3 Å². The average Bonchev–Trinajstić information content (AvgIpc) is 2.74. The van der Waals surface area contributed by atoms with Gasteiger partial charge in [0.25, 0.3) is 5.70 Å². The van der Waals surface area contributed by atoms with Crippen molar-refractivity contribution in [3.63, 3.8) is 0 Å². The third-order valence-electron chi connectivity index (χ3n) is 2.91. The van der Waals surface area contributed by atoms with E-state index in [1.807, 2.05) is 0 Å². The first-order valence-electron chi connectivity index (χ1n) is 5.74. The van der Waals surface area contributed by atoms with Crippen molar-refractivity contribution < 1.29 is 13.9 Å². The van der Waals surface area contributed by atoms with Crippen molar-refractivity contribution in [3.8, 4) is 0 Å². The summed E-state index contributed by atoms with van der Waals surface area (Å²) in [6.07, 6.45) is 1.30. The van der Waals surface area contributed by atoms with E-state index in [0.29, 0.717) is 17.6 Å². The zero-order valence-corrected chi connectivity index (χ0v) is 10.00. The van der Waals surface area contributed by atoms with Crippen molar-refractivity contribution in [1.82, 2.24) is 0 Å². The lowest BCUT2D eigenvalue weighted by molar-refractivity contribution is -0.138. The van der Waals surface area contributed by atoms with Crippen LogP contribution >= 0.6 is 0 Å². The highest BCUT2D eigenvalue weighted by molar-refractivity contribution is 6.00. The third kappa shape index (κ3) is 2.12. The first kappa shape index (κ1) is 12.3. The number of rotatable bonds is 2. The van der Waals surface area contributed by atoms with Crippen LogP contribution in [0.3, 0.4) is 0 Å². The Balaban J connectivity index is 2.50. The number of hydrogen-bond acceptors (Lipinski definition) is 2. The van der Waals surface area contributed by atoms with Gasteiger partial charge in [-0.05, 0) is 48.6 Å². The molecule has 0 fully saturated rings. The van der Waals surface area contributed by atoms with Gasteiger partial charge in [0.15, 0.2) is 0 Å². The van der Waals surface area contributed by atoms with Crippen LogP contribution in [0.5, 0.6) is 0 Å². The third-order valence-corrected chi connectivity index (χ3v) is 2.91. The molecule has 1 aromatic rings. The maximum atomic E-state index is 13.2. The van der Waals surface area contributed by atoms with E-state index in [0.717, 1.165) is 12.0 Å². The Labute approximate surface area is 105 Å². The van der Waals surface area contributed by atoms with Crippen molar-refractivity contribution in [2.75, 3.05) is 6.61 Å². The summed E-state index contributed by atoms with van der Waals surface area (Å²) in [5, 5.41) is 0. The van der Waals surface area contributed by atoms with Gasteiger partial charge in [0, 0.05) is 0 Å². The molecule has 0 radical (unpaired) electrons. The minimum atomic E-state index is -0.625. The van der Waals surface area contributed by atoms with Crippen molar-refractivity contribution in [3.05, 3.63) is 52.3 Å². The Morgan fingerprint density at radius 1 is 1.50 bits per heavy atom. The fraction of sp³-hybridized carbons (Fsp3) is 0.286. The van der Waals surface area contributed by atoms with Crippen LogP contribution in [-0.4, -0.2) is 12.6 Å². The predicted molar refractivity (Wildman–Crippen MR) is 64.9 cm³/mol. The number of benzene rings is 1. The largest absolute Gasteiger partial charge is 0.471 e. The lowest BCUT2D eigenvalue weighted by Gasteiger charge is -2.05. The van der Waals surface area contributed by atoms with Gasteiger partial charge in [0.1, 0.15) is 5.82 Å². The van der Waals surface area contributed by atoms with Crippen LogP contribution in [-0.2, 0) is 16.0 Å². The normalized spacial score (nSPS) is 15.8. The van der Waals surface area contributed by atoms with E-state index in [-0.39, 0.29) is 18.1 Å². The zero-order chi connectivity index (χ0) is 13.1. The van der Waals surface area contributed by atoms with Gasteiger partial charge in [-0.1, -0.05) is 6.07 Å². The summed E-state index contributed by atoms with van der Waals surface area (Å²) in [5.41, 5.74) is 2.20. The summed E-state index contributed by atoms with van der Waals surface area (Å²) in [6.45, 7) is 9.01. The molecule has 2 rings (SSSR count). The van der Waals surface area contributed by atoms with Crippen LogP contribution in [0.25, 0.3) is 10.4 Å². The molecule has 0 heterocycles. The first-order valence-corrected chi connectivity index (χ1v) is 5.74. The number of nitrogens with zero attached hydrogens (tertiary/aromatic N) is 1. The monoisotopic (exact) mass is 245 g/mol. The van der Waals surface area contributed by atoms with E-state index in [1.165, 1.54) is 12.1 Å². The van der Waals surface area contributed by atoms with Gasteiger partial charge in [-0.2, -0.15) is 0 Å². The highest BCUT2D eigenvalue weighted by Crippen LogP contribution is 2.35. The lowest BCUT2D eigenvalue weighted by Crippen LogP contribution is -2.06. The second-order valence-corrected chi connectivity index (χ2v) is 3.96. The average molecular weight is 245 g/mol. The number of esters is 1. The summed E-state index contributed by atoms with van der Waals surface area (Å²) < 4.78 is 18.1. The Kier molecular flexibility index (Phi) is 3.42. The second-order valence-electron chi connectivity index (χ2n) is 3.96. The summed E-state index contributed by atoms with van der Waals surface area (Å²) in [5.74, 6) is -0.985. The molecular formula is C14H12FNO2. The van der Waals surface area contributed by atoms with E-state index < -0.39 is 5.97 Å². The molecule has 0 aromatic heterocycles. The Morgan fingerprint density at radius 2 is 2.28 bits per heavy atom. The van der Waals surface area contributed by atoms with Gasteiger partial charge in [0.05, 0.1) is 13.2 Å². The van der Waals surface area contributed by atoms with Gasteiger partial charge in [-0.25, -0.2) is 9.24 Å². The zero-order valence-electron chi connectivity index (χ0n) is 10.00.